The maximum atomic E-state index is 15.1. The number of carbonyl (C=O) groups is 1. The van der Waals surface area contributed by atoms with Crippen molar-refractivity contribution in [2.75, 3.05) is 11.9 Å². The van der Waals surface area contributed by atoms with Crippen LogP contribution in [0.3, 0.4) is 0 Å². The number of aromatic nitrogens is 1. The number of alkyl halides is 2. The van der Waals surface area contributed by atoms with Gasteiger partial charge in [-0.25, -0.2) is 4.39 Å². The Balaban J connectivity index is 0.00000180. The van der Waals surface area contributed by atoms with E-state index in [4.69, 9.17) is 0 Å². The standard InChI is InChI=1S/C25H25F3N2O4.2H2/c1-23(2,3)21-11-14-10-17(16(26)13-18(14)30(21)8-9-31)29-22(32)24(6-7-24)15-4-5-19-20(12-15)34-25(27,28)33-19;;/h4-5,10-13,31H,6-9H2,1-3H3,(H,29,32);2*1H. The highest BCUT2D eigenvalue weighted by atomic mass is 19.3. The molecule has 1 aliphatic carbocycles. The van der Waals surface area contributed by atoms with E-state index in [-0.39, 0.29) is 32.1 Å². The highest BCUT2D eigenvalue weighted by Crippen LogP contribution is 2.52. The number of nitrogens with one attached hydrogen (secondary N) is 1. The van der Waals surface area contributed by atoms with Gasteiger partial charge in [-0.2, -0.15) is 0 Å². The predicted molar refractivity (Wildman–Crippen MR) is 124 cm³/mol. The van der Waals surface area contributed by atoms with E-state index in [1.807, 2.05) is 31.4 Å². The van der Waals surface area contributed by atoms with Crippen LogP contribution in [0.2, 0.25) is 0 Å². The van der Waals surface area contributed by atoms with E-state index in [1.165, 1.54) is 18.2 Å². The fraction of sp³-hybridized carbons (Fsp3) is 0.400. The second-order valence-corrected chi connectivity index (χ2v) is 9.91. The Hall–Kier alpha value is -3.20. The number of rotatable bonds is 5. The zero-order chi connectivity index (χ0) is 24.5. The van der Waals surface area contributed by atoms with Crippen molar-refractivity contribution in [3.63, 3.8) is 0 Å². The summed E-state index contributed by atoms with van der Waals surface area (Å²) in [5, 5.41) is 12.9. The molecule has 2 aromatic carbocycles. The second kappa shape index (κ2) is 7.40. The lowest BCUT2D eigenvalue weighted by Gasteiger charge is -2.21. The minimum atomic E-state index is -3.74. The summed E-state index contributed by atoms with van der Waals surface area (Å²) in [4.78, 5) is 13.2. The van der Waals surface area contributed by atoms with Crippen molar-refractivity contribution < 1.29 is 35.4 Å². The minimum Gasteiger partial charge on any atom is -0.395 e. The Morgan fingerprint density at radius 3 is 2.50 bits per heavy atom. The average Bonchev–Trinajstić information content (AvgIpc) is 3.39. The van der Waals surface area contributed by atoms with Crippen LogP contribution in [0.4, 0.5) is 18.9 Å². The van der Waals surface area contributed by atoms with Gasteiger partial charge in [0, 0.05) is 32.0 Å². The quantitative estimate of drug-likeness (QED) is 0.504. The molecule has 5 rings (SSSR count). The maximum absolute atomic E-state index is 15.1. The van der Waals surface area contributed by atoms with Gasteiger partial charge in [0.15, 0.2) is 11.5 Å². The molecule has 0 spiro atoms. The summed E-state index contributed by atoms with van der Waals surface area (Å²) in [6.45, 7) is 6.34. The summed E-state index contributed by atoms with van der Waals surface area (Å²) >= 11 is 0. The number of fused-ring (bicyclic) bond motifs is 2. The summed E-state index contributed by atoms with van der Waals surface area (Å²) in [6.07, 6.45) is -2.74. The van der Waals surface area contributed by atoms with E-state index in [9.17, 15) is 18.7 Å². The lowest BCUT2D eigenvalue weighted by atomic mass is 9.92. The number of hydrogen-bond donors (Lipinski definition) is 2. The number of nitrogens with zero attached hydrogens (tertiary/aromatic N) is 1. The molecule has 2 N–H and O–H groups in total. The Kier molecular flexibility index (Phi) is 4.91. The topological polar surface area (TPSA) is 72.7 Å². The smallest absolute Gasteiger partial charge is 0.395 e. The van der Waals surface area contributed by atoms with E-state index in [2.05, 4.69) is 14.8 Å². The molecule has 34 heavy (non-hydrogen) atoms. The van der Waals surface area contributed by atoms with Crippen LogP contribution in [0.1, 0.15) is 47.7 Å². The van der Waals surface area contributed by atoms with E-state index in [0.29, 0.717) is 30.5 Å². The molecule has 0 bridgehead atoms. The highest BCUT2D eigenvalue weighted by Gasteiger charge is 2.53. The number of amides is 1. The maximum Gasteiger partial charge on any atom is 0.586 e. The monoisotopic (exact) mass is 478 g/mol. The molecule has 1 saturated carbocycles. The molecule has 0 unspecified atom stereocenters. The lowest BCUT2D eigenvalue weighted by Crippen LogP contribution is -2.28. The molecule has 0 atom stereocenters. The van der Waals surface area contributed by atoms with Crippen molar-refractivity contribution in [3.8, 4) is 11.5 Å². The van der Waals surface area contributed by atoms with Gasteiger partial charge >= 0.3 is 6.29 Å². The number of halogens is 3. The Labute approximate surface area is 197 Å². The highest BCUT2D eigenvalue weighted by molar-refractivity contribution is 6.02. The molecule has 9 heteroatoms. The third-order valence-corrected chi connectivity index (χ3v) is 6.47. The molecule has 2 aliphatic rings. The van der Waals surface area contributed by atoms with Gasteiger partial charge in [-0.15, -0.1) is 8.78 Å². The third kappa shape index (κ3) is 3.68. The van der Waals surface area contributed by atoms with Crippen LogP contribution in [0.25, 0.3) is 10.9 Å². The number of aliphatic hydroxyl groups is 1. The van der Waals surface area contributed by atoms with Crippen LogP contribution >= 0.6 is 0 Å². The van der Waals surface area contributed by atoms with Crippen molar-refractivity contribution in [3.05, 3.63) is 53.5 Å². The van der Waals surface area contributed by atoms with Crippen molar-refractivity contribution >= 4 is 22.5 Å². The second-order valence-electron chi connectivity index (χ2n) is 9.91. The molecule has 1 aliphatic heterocycles. The first-order chi connectivity index (χ1) is 15.9. The van der Waals surface area contributed by atoms with Crippen molar-refractivity contribution in [2.24, 2.45) is 0 Å². The van der Waals surface area contributed by atoms with Crippen molar-refractivity contribution in [1.82, 2.24) is 4.57 Å². The van der Waals surface area contributed by atoms with Crippen LogP contribution in [-0.4, -0.2) is 28.5 Å². The molecule has 1 amide bonds. The number of anilines is 1. The molecule has 3 aromatic rings. The van der Waals surface area contributed by atoms with Gasteiger partial charge in [0.2, 0.25) is 5.91 Å². The molecular formula is C25H29F3N2O4. The fourth-order valence-corrected chi connectivity index (χ4v) is 4.60. The van der Waals surface area contributed by atoms with Crippen LogP contribution in [0, 0.1) is 5.82 Å². The summed E-state index contributed by atoms with van der Waals surface area (Å²) in [5.74, 6) is -1.24. The third-order valence-electron chi connectivity index (χ3n) is 6.47. The molecular weight excluding hydrogens is 449 g/mol. The molecule has 184 valence electrons. The normalized spacial score (nSPS) is 17.7. The number of carbonyl (C=O) groups excluding carboxylic acids is 1. The van der Waals surface area contributed by atoms with E-state index < -0.39 is 23.4 Å². The fourth-order valence-electron chi connectivity index (χ4n) is 4.60. The van der Waals surface area contributed by atoms with Crippen LogP contribution < -0.4 is 14.8 Å². The molecule has 6 nitrogen and oxygen atoms in total. The summed E-state index contributed by atoms with van der Waals surface area (Å²) < 4.78 is 52.6. The van der Waals surface area contributed by atoms with Gasteiger partial charge in [-0.05, 0) is 42.7 Å². The zero-order valence-electron chi connectivity index (χ0n) is 19.0. The van der Waals surface area contributed by atoms with Gasteiger partial charge in [0.1, 0.15) is 5.82 Å². The summed E-state index contributed by atoms with van der Waals surface area (Å²) in [7, 11) is 0. The first-order valence-corrected chi connectivity index (χ1v) is 11.1. The number of aliphatic hydroxyl groups excluding tert-OH is 1. The molecule has 0 radical (unpaired) electrons. The van der Waals surface area contributed by atoms with Gasteiger partial charge in [-0.1, -0.05) is 26.8 Å². The summed E-state index contributed by atoms with van der Waals surface area (Å²) in [5.41, 5.74) is 0.940. The van der Waals surface area contributed by atoms with Gasteiger partial charge in [0.25, 0.3) is 0 Å². The first kappa shape index (κ1) is 22.6. The largest absolute Gasteiger partial charge is 0.586 e. The average molecular weight is 479 g/mol. The van der Waals surface area contributed by atoms with Gasteiger partial charge in [0.05, 0.1) is 23.2 Å². The van der Waals surface area contributed by atoms with E-state index >= 15 is 4.39 Å². The Morgan fingerprint density at radius 1 is 1.15 bits per heavy atom. The molecule has 1 fully saturated rings. The molecule has 1 aromatic heterocycles. The van der Waals surface area contributed by atoms with Crippen molar-refractivity contribution in [1.29, 1.82) is 0 Å². The first-order valence-electron chi connectivity index (χ1n) is 11.1. The lowest BCUT2D eigenvalue weighted by molar-refractivity contribution is -0.286. The van der Waals surface area contributed by atoms with Gasteiger partial charge < -0.3 is 24.5 Å². The van der Waals surface area contributed by atoms with Crippen molar-refractivity contribution in [2.45, 2.75) is 57.3 Å². The number of ether oxygens (including phenoxy) is 2. The zero-order valence-corrected chi connectivity index (χ0v) is 19.0. The minimum absolute atomic E-state index is 0. The Bertz CT molecular complexity index is 1320. The number of benzene rings is 2. The Morgan fingerprint density at radius 2 is 1.85 bits per heavy atom. The van der Waals surface area contributed by atoms with Crippen LogP contribution in [0.5, 0.6) is 11.5 Å². The molecule has 0 saturated heterocycles. The van der Waals surface area contributed by atoms with E-state index in [0.717, 1.165) is 11.1 Å². The SMILES string of the molecule is CC(C)(C)c1cc2cc(NC(=O)C3(c4ccc5c(c4)OC(F)(F)O5)CC3)c(F)cc2n1CCO.[HH].[HH]. The van der Waals surface area contributed by atoms with Crippen LogP contribution in [0.15, 0.2) is 36.4 Å². The molecule has 2 heterocycles. The number of hydrogen-bond acceptors (Lipinski definition) is 4. The van der Waals surface area contributed by atoms with Crippen LogP contribution in [-0.2, 0) is 22.2 Å². The summed E-state index contributed by atoms with van der Waals surface area (Å²) in [6, 6.07) is 9.17. The van der Waals surface area contributed by atoms with Gasteiger partial charge in [-0.3, -0.25) is 4.79 Å². The predicted octanol–water partition coefficient (Wildman–Crippen LogP) is 5.55. The van der Waals surface area contributed by atoms with E-state index in [1.54, 1.807) is 12.1 Å².